The van der Waals surface area contributed by atoms with Crippen LogP contribution in [-0.2, 0) is 4.79 Å². The smallest absolute Gasteiger partial charge is 0.229 e. The van der Waals surface area contributed by atoms with Crippen molar-refractivity contribution in [2.75, 3.05) is 24.3 Å². The molecule has 19 heavy (non-hydrogen) atoms. The number of nitrogens with zero attached hydrogens (tertiary/aromatic N) is 1. The van der Waals surface area contributed by atoms with E-state index in [0.717, 1.165) is 30.6 Å². The van der Waals surface area contributed by atoms with Gasteiger partial charge in [-0.05, 0) is 31.0 Å². The number of hydrogen-bond donors (Lipinski definition) is 2. The van der Waals surface area contributed by atoms with Crippen molar-refractivity contribution in [3.8, 4) is 0 Å². The number of benzene rings is 1. The van der Waals surface area contributed by atoms with Crippen LogP contribution in [-0.4, -0.2) is 26.0 Å². The summed E-state index contributed by atoms with van der Waals surface area (Å²) in [5.41, 5.74) is 7.64. The zero-order chi connectivity index (χ0) is 14.0. The molecule has 0 spiro atoms. The molecular formula is C14H20ClN3O. The van der Waals surface area contributed by atoms with E-state index >= 15 is 0 Å². The van der Waals surface area contributed by atoms with Crippen molar-refractivity contribution in [1.82, 2.24) is 0 Å². The van der Waals surface area contributed by atoms with Crippen LogP contribution in [0.2, 0.25) is 5.02 Å². The van der Waals surface area contributed by atoms with Gasteiger partial charge >= 0.3 is 0 Å². The maximum atomic E-state index is 12.3. The van der Waals surface area contributed by atoms with Gasteiger partial charge in [-0.3, -0.25) is 4.79 Å². The topological polar surface area (TPSA) is 58.4 Å². The standard InChI is InChI=1S/C14H20ClN3O/c1-18(2)13-7-6-9(15)8-12(13)17-14(19)10-4-3-5-11(10)16/h6-8,10-11H,3-5,16H2,1-2H3,(H,17,19). The third kappa shape index (κ3) is 3.19. The van der Waals surface area contributed by atoms with Crippen molar-refractivity contribution in [3.05, 3.63) is 23.2 Å². The summed E-state index contributed by atoms with van der Waals surface area (Å²) < 4.78 is 0. The third-order valence-electron chi connectivity index (χ3n) is 3.60. The Morgan fingerprint density at radius 2 is 2.16 bits per heavy atom. The van der Waals surface area contributed by atoms with E-state index in [1.54, 1.807) is 6.07 Å². The van der Waals surface area contributed by atoms with Gasteiger partial charge in [-0.1, -0.05) is 18.0 Å². The van der Waals surface area contributed by atoms with Crippen LogP contribution in [0, 0.1) is 5.92 Å². The van der Waals surface area contributed by atoms with E-state index < -0.39 is 0 Å². The van der Waals surface area contributed by atoms with E-state index in [4.69, 9.17) is 17.3 Å². The number of hydrogen-bond acceptors (Lipinski definition) is 3. The van der Waals surface area contributed by atoms with E-state index in [0.29, 0.717) is 5.02 Å². The zero-order valence-corrected chi connectivity index (χ0v) is 12.1. The number of carbonyl (C=O) groups excluding carboxylic acids is 1. The van der Waals surface area contributed by atoms with Gasteiger partial charge in [0.25, 0.3) is 0 Å². The average molecular weight is 282 g/mol. The number of amides is 1. The number of anilines is 2. The fourth-order valence-electron chi connectivity index (χ4n) is 2.54. The van der Waals surface area contributed by atoms with Crippen LogP contribution < -0.4 is 16.0 Å². The van der Waals surface area contributed by atoms with Gasteiger partial charge in [0.15, 0.2) is 0 Å². The van der Waals surface area contributed by atoms with Crippen molar-refractivity contribution in [2.45, 2.75) is 25.3 Å². The molecule has 0 heterocycles. The monoisotopic (exact) mass is 281 g/mol. The van der Waals surface area contributed by atoms with Gasteiger partial charge in [-0.2, -0.15) is 0 Å². The summed E-state index contributed by atoms with van der Waals surface area (Å²) in [5, 5.41) is 3.57. The molecule has 2 rings (SSSR count). The van der Waals surface area contributed by atoms with E-state index in [9.17, 15) is 4.79 Å². The van der Waals surface area contributed by atoms with Crippen LogP contribution in [0.25, 0.3) is 0 Å². The second-order valence-corrected chi connectivity index (χ2v) is 5.68. The molecule has 5 heteroatoms. The normalized spacial score (nSPS) is 22.3. The van der Waals surface area contributed by atoms with Gasteiger partial charge in [-0.25, -0.2) is 0 Å². The fraction of sp³-hybridized carbons (Fsp3) is 0.500. The largest absolute Gasteiger partial charge is 0.376 e. The molecule has 1 amide bonds. The summed E-state index contributed by atoms with van der Waals surface area (Å²) in [4.78, 5) is 14.2. The molecule has 2 unspecified atom stereocenters. The molecule has 1 aliphatic rings. The summed E-state index contributed by atoms with van der Waals surface area (Å²) in [5.74, 6) is -0.0932. The van der Waals surface area contributed by atoms with E-state index in [-0.39, 0.29) is 17.9 Å². The summed E-state index contributed by atoms with van der Waals surface area (Å²) in [6.45, 7) is 0. The van der Waals surface area contributed by atoms with Gasteiger partial charge < -0.3 is 16.0 Å². The fourth-order valence-corrected chi connectivity index (χ4v) is 2.71. The van der Waals surface area contributed by atoms with Crippen molar-refractivity contribution in [1.29, 1.82) is 0 Å². The second-order valence-electron chi connectivity index (χ2n) is 5.25. The Balaban J connectivity index is 2.18. The minimum atomic E-state index is -0.0889. The molecule has 1 aromatic carbocycles. The summed E-state index contributed by atoms with van der Waals surface area (Å²) >= 11 is 6.00. The first kappa shape index (κ1) is 14.2. The Bertz CT molecular complexity index is 476. The van der Waals surface area contributed by atoms with Crippen LogP contribution >= 0.6 is 11.6 Å². The number of nitrogens with two attached hydrogens (primary N) is 1. The van der Waals surface area contributed by atoms with Gasteiger partial charge in [0.2, 0.25) is 5.91 Å². The van der Waals surface area contributed by atoms with Gasteiger partial charge in [0.05, 0.1) is 17.3 Å². The van der Waals surface area contributed by atoms with Gasteiger partial charge in [0.1, 0.15) is 0 Å². The molecule has 1 aromatic rings. The Morgan fingerprint density at radius 3 is 2.74 bits per heavy atom. The molecule has 0 aliphatic heterocycles. The molecular weight excluding hydrogens is 262 g/mol. The third-order valence-corrected chi connectivity index (χ3v) is 3.84. The van der Waals surface area contributed by atoms with Crippen LogP contribution in [0.1, 0.15) is 19.3 Å². The molecule has 4 nitrogen and oxygen atoms in total. The molecule has 0 saturated heterocycles. The summed E-state index contributed by atoms with van der Waals surface area (Å²) in [7, 11) is 3.86. The molecule has 1 saturated carbocycles. The molecule has 104 valence electrons. The highest BCUT2D eigenvalue weighted by Gasteiger charge is 2.30. The second kappa shape index (κ2) is 5.80. The quantitative estimate of drug-likeness (QED) is 0.895. The van der Waals surface area contributed by atoms with Crippen LogP contribution in [0.5, 0.6) is 0 Å². The minimum absolute atomic E-state index is 0.00429. The minimum Gasteiger partial charge on any atom is -0.376 e. The van der Waals surface area contributed by atoms with E-state index in [1.807, 2.05) is 31.1 Å². The lowest BCUT2D eigenvalue weighted by atomic mass is 10.0. The number of rotatable bonds is 3. The Morgan fingerprint density at radius 1 is 1.42 bits per heavy atom. The highest BCUT2D eigenvalue weighted by molar-refractivity contribution is 6.31. The summed E-state index contributed by atoms with van der Waals surface area (Å²) in [6, 6.07) is 5.46. The molecule has 0 bridgehead atoms. The molecule has 1 fully saturated rings. The average Bonchev–Trinajstić information content (AvgIpc) is 2.75. The van der Waals surface area contributed by atoms with Crippen molar-refractivity contribution < 1.29 is 4.79 Å². The van der Waals surface area contributed by atoms with Gasteiger partial charge in [0, 0.05) is 25.2 Å². The lowest BCUT2D eigenvalue weighted by molar-refractivity contribution is -0.120. The zero-order valence-electron chi connectivity index (χ0n) is 11.3. The number of carbonyl (C=O) groups is 1. The molecule has 0 radical (unpaired) electrons. The van der Waals surface area contributed by atoms with E-state index in [2.05, 4.69) is 5.32 Å². The maximum Gasteiger partial charge on any atom is 0.229 e. The lowest BCUT2D eigenvalue weighted by Gasteiger charge is -2.20. The Labute approximate surface area is 118 Å². The Kier molecular flexibility index (Phi) is 4.32. The lowest BCUT2D eigenvalue weighted by Crippen LogP contribution is -2.34. The van der Waals surface area contributed by atoms with Crippen LogP contribution in [0.4, 0.5) is 11.4 Å². The highest BCUT2D eigenvalue weighted by Crippen LogP contribution is 2.30. The maximum absolute atomic E-state index is 12.3. The first-order valence-electron chi connectivity index (χ1n) is 6.52. The van der Waals surface area contributed by atoms with Crippen LogP contribution in [0.15, 0.2) is 18.2 Å². The van der Waals surface area contributed by atoms with Crippen molar-refractivity contribution >= 4 is 28.9 Å². The molecule has 1 aliphatic carbocycles. The van der Waals surface area contributed by atoms with Gasteiger partial charge in [-0.15, -0.1) is 0 Å². The van der Waals surface area contributed by atoms with Crippen molar-refractivity contribution in [2.24, 2.45) is 11.7 Å². The molecule has 2 atom stereocenters. The first-order chi connectivity index (χ1) is 8.99. The Hall–Kier alpha value is -1.26. The van der Waals surface area contributed by atoms with Crippen LogP contribution in [0.3, 0.4) is 0 Å². The van der Waals surface area contributed by atoms with Crippen molar-refractivity contribution in [3.63, 3.8) is 0 Å². The predicted octanol–water partition coefficient (Wildman–Crippen LogP) is 2.47. The summed E-state index contributed by atoms with van der Waals surface area (Å²) in [6.07, 6.45) is 2.81. The highest BCUT2D eigenvalue weighted by atomic mass is 35.5. The number of nitrogens with one attached hydrogen (secondary N) is 1. The predicted molar refractivity (Wildman–Crippen MR) is 79.7 cm³/mol. The number of halogens is 1. The SMILES string of the molecule is CN(C)c1ccc(Cl)cc1NC(=O)C1CCCC1N. The first-order valence-corrected chi connectivity index (χ1v) is 6.90. The molecule has 0 aromatic heterocycles. The van der Waals surface area contributed by atoms with E-state index in [1.165, 1.54) is 0 Å². The molecule has 3 N–H and O–H groups in total.